The van der Waals surface area contributed by atoms with E-state index in [2.05, 4.69) is 30.0 Å². The quantitative estimate of drug-likeness (QED) is 0.906. The topological polar surface area (TPSA) is 32.5 Å². The van der Waals surface area contributed by atoms with Crippen molar-refractivity contribution in [2.75, 3.05) is 40.3 Å². The van der Waals surface area contributed by atoms with Crippen molar-refractivity contribution in [2.45, 2.75) is 18.9 Å². The number of hydrogen-bond acceptors (Lipinski definition) is 3. The van der Waals surface area contributed by atoms with Crippen LogP contribution in [-0.4, -0.2) is 50.1 Å². The van der Waals surface area contributed by atoms with Crippen LogP contribution < -0.4 is 5.73 Å². The molecule has 0 amide bonds. The molecule has 4 heteroatoms. The molecule has 0 aliphatic carbocycles. The molecule has 1 unspecified atom stereocenters. The van der Waals surface area contributed by atoms with Crippen LogP contribution in [-0.2, 0) is 0 Å². The predicted octanol–water partition coefficient (Wildman–Crippen LogP) is 2.61. The van der Waals surface area contributed by atoms with Crippen molar-refractivity contribution in [2.24, 2.45) is 11.7 Å². The van der Waals surface area contributed by atoms with Gasteiger partial charge < -0.3 is 10.6 Å². The van der Waals surface area contributed by atoms with Gasteiger partial charge >= 0.3 is 0 Å². The van der Waals surface area contributed by atoms with Gasteiger partial charge in [-0.2, -0.15) is 0 Å². The molecular formula is C16H26ClN3. The van der Waals surface area contributed by atoms with Crippen molar-refractivity contribution in [1.29, 1.82) is 0 Å². The second kappa shape index (κ2) is 7.41. The van der Waals surface area contributed by atoms with Crippen LogP contribution in [0.5, 0.6) is 0 Å². The number of nitrogens with zero attached hydrogens (tertiary/aromatic N) is 2. The molecule has 0 bridgehead atoms. The van der Waals surface area contributed by atoms with E-state index in [1.165, 1.54) is 24.9 Å². The third-order valence-corrected chi connectivity index (χ3v) is 4.54. The molecule has 0 aromatic heterocycles. The number of halogens is 1. The van der Waals surface area contributed by atoms with E-state index in [0.717, 1.165) is 24.0 Å². The van der Waals surface area contributed by atoms with Crippen LogP contribution in [0.2, 0.25) is 5.02 Å². The fourth-order valence-electron chi connectivity index (χ4n) is 3.18. The Bertz CT molecular complexity index is 414. The van der Waals surface area contributed by atoms with E-state index < -0.39 is 0 Å². The molecule has 0 radical (unpaired) electrons. The highest BCUT2D eigenvalue weighted by molar-refractivity contribution is 6.31. The monoisotopic (exact) mass is 295 g/mol. The SMILES string of the molecule is CN(C)CC1CCN(C(CN)c2ccccc2Cl)CC1. The lowest BCUT2D eigenvalue weighted by atomic mass is 9.94. The summed E-state index contributed by atoms with van der Waals surface area (Å²) in [4.78, 5) is 4.78. The zero-order valence-electron chi connectivity index (χ0n) is 12.6. The average molecular weight is 296 g/mol. The molecule has 1 heterocycles. The molecule has 1 fully saturated rings. The summed E-state index contributed by atoms with van der Waals surface area (Å²) in [5, 5.41) is 0.832. The molecule has 1 aromatic carbocycles. The standard InChI is InChI=1S/C16H26ClN3/c1-19(2)12-13-7-9-20(10-8-13)16(11-18)14-5-3-4-6-15(14)17/h3-6,13,16H,7-12,18H2,1-2H3. The van der Waals surface area contributed by atoms with Crippen molar-refractivity contribution >= 4 is 11.6 Å². The molecule has 2 rings (SSSR count). The summed E-state index contributed by atoms with van der Waals surface area (Å²) in [6, 6.07) is 8.33. The van der Waals surface area contributed by atoms with Gasteiger partial charge in [-0.3, -0.25) is 4.90 Å². The Morgan fingerprint density at radius 1 is 1.30 bits per heavy atom. The molecule has 1 atom stereocenters. The summed E-state index contributed by atoms with van der Waals surface area (Å²) in [5.74, 6) is 0.811. The zero-order chi connectivity index (χ0) is 14.5. The van der Waals surface area contributed by atoms with Crippen LogP contribution in [0, 0.1) is 5.92 Å². The normalized spacial score (nSPS) is 19.4. The maximum Gasteiger partial charge on any atom is 0.0485 e. The first-order valence-corrected chi connectivity index (χ1v) is 7.83. The van der Waals surface area contributed by atoms with Crippen LogP contribution in [0.3, 0.4) is 0 Å². The lowest BCUT2D eigenvalue weighted by Crippen LogP contribution is -2.41. The predicted molar refractivity (Wildman–Crippen MR) is 86.1 cm³/mol. The minimum absolute atomic E-state index is 0.254. The minimum Gasteiger partial charge on any atom is -0.329 e. The molecule has 1 saturated heterocycles. The Balaban J connectivity index is 1.99. The molecule has 20 heavy (non-hydrogen) atoms. The Hall–Kier alpha value is -0.610. The summed E-state index contributed by atoms with van der Waals surface area (Å²) < 4.78 is 0. The largest absolute Gasteiger partial charge is 0.329 e. The lowest BCUT2D eigenvalue weighted by Gasteiger charge is -2.38. The van der Waals surface area contributed by atoms with Crippen LogP contribution in [0.25, 0.3) is 0 Å². The second-order valence-corrected chi connectivity index (χ2v) is 6.42. The highest BCUT2D eigenvalue weighted by atomic mass is 35.5. The van der Waals surface area contributed by atoms with Gasteiger partial charge in [0.05, 0.1) is 0 Å². The van der Waals surface area contributed by atoms with Gasteiger partial charge in [0, 0.05) is 24.2 Å². The van der Waals surface area contributed by atoms with E-state index in [1.54, 1.807) is 0 Å². The Morgan fingerprint density at radius 2 is 1.95 bits per heavy atom. The van der Waals surface area contributed by atoms with E-state index in [4.69, 9.17) is 17.3 Å². The first kappa shape index (κ1) is 15.8. The molecule has 1 aliphatic rings. The van der Waals surface area contributed by atoms with E-state index in [0.29, 0.717) is 6.54 Å². The fourth-order valence-corrected chi connectivity index (χ4v) is 3.44. The van der Waals surface area contributed by atoms with Crippen LogP contribution in [0.1, 0.15) is 24.4 Å². The van der Waals surface area contributed by atoms with Crippen molar-refractivity contribution in [3.63, 3.8) is 0 Å². The number of rotatable bonds is 5. The molecule has 3 nitrogen and oxygen atoms in total. The Kier molecular flexibility index (Phi) is 5.85. The fraction of sp³-hybridized carbons (Fsp3) is 0.625. The molecule has 1 aliphatic heterocycles. The molecule has 112 valence electrons. The van der Waals surface area contributed by atoms with Crippen molar-refractivity contribution < 1.29 is 0 Å². The third-order valence-electron chi connectivity index (χ3n) is 4.20. The molecule has 0 spiro atoms. The zero-order valence-corrected chi connectivity index (χ0v) is 13.3. The van der Waals surface area contributed by atoms with E-state index >= 15 is 0 Å². The molecule has 0 saturated carbocycles. The van der Waals surface area contributed by atoms with Gasteiger partial charge in [0.1, 0.15) is 0 Å². The highest BCUT2D eigenvalue weighted by Crippen LogP contribution is 2.30. The summed E-state index contributed by atoms with van der Waals surface area (Å²) >= 11 is 6.33. The summed E-state index contributed by atoms with van der Waals surface area (Å²) in [7, 11) is 4.30. The maximum absolute atomic E-state index is 6.33. The summed E-state index contributed by atoms with van der Waals surface area (Å²) in [6.07, 6.45) is 2.50. The molecule has 1 aromatic rings. The van der Waals surface area contributed by atoms with Gasteiger partial charge in [0.25, 0.3) is 0 Å². The van der Waals surface area contributed by atoms with Gasteiger partial charge in [-0.1, -0.05) is 29.8 Å². The lowest BCUT2D eigenvalue weighted by molar-refractivity contribution is 0.122. The van der Waals surface area contributed by atoms with E-state index in [1.807, 2.05) is 18.2 Å². The van der Waals surface area contributed by atoms with Gasteiger partial charge in [-0.25, -0.2) is 0 Å². The van der Waals surface area contributed by atoms with Crippen LogP contribution in [0.15, 0.2) is 24.3 Å². The van der Waals surface area contributed by atoms with Gasteiger partial charge in [0.15, 0.2) is 0 Å². The first-order valence-electron chi connectivity index (χ1n) is 7.45. The number of piperidine rings is 1. The highest BCUT2D eigenvalue weighted by Gasteiger charge is 2.26. The van der Waals surface area contributed by atoms with Gasteiger partial charge in [-0.05, 0) is 57.6 Å². The van der Waals surface area contributed by atoms with Gasteiger partial charge in [0.2, 0.25) is 0 Å². The Labute approximate surface area is 127 Å². The third kappa shape index (κ3) is 3.95. The summed E-state index contributed by atoms with van der Waals surface area (Å²) in [6.45, 7) is 4.05. The van der Waals surface area contributed by atoms with Crippen LogP contribution in [0.4, 0.5) is 0 Å². The van der Waals surface area contributed by atoms with E-state index in [9.17, 15) is 0 Å². The molecular weight excluding hydrogens is 270 g/mol. The van der Waals surface area contributed by atoms with Crippen LogP contribution >= 0.6 is 11.6 Å². The smallest absolute Gasteiger partial charge is 0.0485 e. The Morgan fingerprint density at radius 3 is 2.50 bits per heavy atom. The van der Waals surface area contributed by atoms with E-state index in [-0.39, 0.29) is 6.04 Å². The first-order chi connectivity index (χ1) is 9.61. The minimum atomic E-state index is 0.254. The number of likely N-dealkylation sites (tertiary alicyclic amines) is 1. The second-order valence-electron chi connectivity index (χ2n) is 6.01. The average Bonchev–Trinajstić information content (AvgIpc) is 2.43. The number of benzene rings is 1. The van der Waals surface area contributed by atoms with Gasteiger partial charge in [-0.15, -0.1) is 0 Å². The van der Waals surface area contributed by atoms with Crippen molar-refractivity contribution in [3.8, 4) is 0 Å². The van der Waals surface area contributed by atoms with Crippen molar-refractivity contribution in [1.82, 2.24) is 9.80 Å². The van der Waals surface area contributed by atoms with Crippen molar-refractivity contribution in [3.05, 3.63) is 34.9 Å². The number of nitrogens with two attached hydrogens (primary N) is 1. The number of hydrogen-bond donors (Lipinski definition) is 1. The summed E-state index contributed by atoms with van der Waals surface area (Å²) in [5.41, 5.74) is 7.18. The molecule has 2 N–H and O–H groups in total. The maximum atomic E-state index is 6.33.